The van der Waals surface area contributed by atoms with Gasteiger partial charge in [0.05, 0.1) is 12.4 Å². The number of allylic oxidation sites excluding steroid dienone is 1. The third-order valence-electron chi connectivity index (χ3n) is 4.02. The number of carbonyl (C=O) groups is 1. The largest absolute Gasteiger partial charge is 0.469 e. The van der Waals surface area contributed by atoms with E-state index in [-0.39, 0.29) is 12.4 Å². The molecule has 2 aliphatic rings. The zero-order valence-electron chi connectivity index (χ0n) is 13.7. The molecule has 2 fully saturated rings. The second-order valence-electron chi connectivity index (χ2n) is 6.22. The zero-order chi connectivity index (χ0) is 16.9. The normalized spacial score (nSPS) is 20.6. The van der Waals surface area contributed by atoms with Gasteiger partial charge in [-0.05, 0) is 73.7 Å². The van der Waals surface area contributed by atoms with Gasteiger partial charge in [0, 0.05) is 6.42 Å². The highest BCUT2D eigenvalue weighted by Gasteiger charge is 2.38. The smallest absolute Gasteiger partial charge is 0.305 e. The average Bonchev–Trinajstić information content (AvgIpc) is 3.41. The van der Waals surface area contributed by atoms with Crippen molar-refractivity contribution in [3.8, 4) is 0 Å². The molecule has 0 amide bonds. The van der Waals surface area contributed by atoms with Crippen LogP contribution in [0.5, 0.6) is 0 Å². The van der Waals surface area contributed by atoms with Gasteiger partial charge in [-0.3, -0.25) is 4.79 Å². The second-order valence-corrected chi connectivity index (χ2v) is 12.4. The summed E-state index contributed by atoms with van der Waals surface area (Å²) < 4.78 is 32.7. The van der Waals surface area contributed by atoms with Crippen molar-refractivity contribution in [2.45, 2.75) is 67.9 Å². The highest BCUT2D eigenvalue weighted by Crippen LogP contribution is 2.54. The molecule has 5 nitrogen and oxygen atoms in total. The number of hydrogen-bond donors (Lipinski definition) is 0. The van der Waals surface area contributed by atoms with Crippen molar-refractivity contribution < 1.29 is 17.9 Å². The molecule has 2 saturated carbocycles. The van der Waals surface area contributed by atoms with Gasteiger partial charge in [-0.15, -0.1) is 6.58 Å². The quantitative estimate of drug-likeness (QED) is 0.296. The lowest BCUT2D eigenvalue weighted by Gasteiger charge is -2.27. The molecule has 2 unspecified atom stereocenters. The summed E-state index contributed by atoms with van der Waals surface area (Å²) in [6.07, 6.45) is 8.03. The zero-order valence-corrected chi connectivity index (χ0v) is 16.5. The van der Waals surface area contributed by atoms with Gasteiger partial charge in [0.1, 0.15) is 0 Å². The van der Waals surface area contributed by atoms with Gasteiger partial charge >= 0.3 is 5.97 Å². The molecule has 8 heteroatoms. The van der Waals surface area contributed by atoms with Crippen molar-refractivity contribution in [2.75, 3.05) is 7.11 Å². The van der Waals surface area contributed by atoms with Gasteiger partial charge in [-0.1, -0.05) is 6.08 Å². The van der Waals surface area contributed by atoms with Crippen LogP contribution in [0.4, 0.5) is 0 Å². The lowest BCUT2D eigenvalue weighted by Crippen LogP contribution is -2.30. The van der Waals surface area contributed by atoms with Crippen LogP contribution < -0.4 is 0 Å². The van der Waals surface area contributed by atoms with Crippen molar-refractivity contribution in [1.82, 2.24) is 3.85 Å². The van der Waals surface area contributed by atoms with E-state index >= 15 is 0 Å². The predicted octanol–water partition coefficient (Wildman–Crippen LogP) is 3.42. The van der Waals surface area contributed by atoms with E-state index < -0.39 is 15.3 Å². The molecule has 2 rings (SSSR count). The van der Waals surface area contributed by atoms with Crippen LogP contribution in [0.1, 0.15) is 51.4 Å². The topological polar surface area (TPSA) is 63.7 Å². The Morgan fingerprint density at radius 2 is 1.83 bits per heavy atom. The minimum absolute atomic E-state index is 0.157. The molecular formula is C15H27NO4P2S. The Morgan fingerprint density at radius 3 is 2.26 bits per heavy atom. The summed E-state index contributed by atoms with van der Waals surface area (Å²) in [5, 5.41) is -0.503. The molecule has 0 spiro atoms. The van der Waals surface area contributed by atoms with Gasteiger partial charge in [0.25, 0.3) is 0 Å². The number of methoxy groups -OCH3 is 1. The molecule has 132 valence electrons. The fourth-order valence-corrected chi connectivity index (χ4v) is 9.24. The molecule has 0 saturated heterocycles. The minimum atomic E-state index is -3.35. The van der Waals surface area contributed by atoms with Crippen LogP contribution in [0.2, 0.25) is 0 Å². The van der Waals surface area contributed by atoms with E-state index in [1.54, 1.807) is 9.92 Å². The van der Waals surface area contributed by atoms with E-state index in [0.29, 0.717) is 48.0 Å². The fraction of sp³-hybridized carbons (Fsp3) is 0.800. The Bertz CT molecular complexity index is 504. The van der Waals surface area contributed by atoms with E-state index in [4.69, 9.17) is 0 Å². The highest BCUT2D eigenvalue weighted by molar-refractivity contribution is 7.98. The lowest BCUT2D eigenvalue weighted by molar-refractivity contribution is -0.140. The van der Waals surface area contributed by atoms with Crippen LogP contribution >= 0.6 is 17.5 Å². The van der Waals surface area contributed by atoms with Crippen molar-refractivity contribution in [1.29, 1.82) is 0 Å². The molecule has 2 aliphatic carbocycles. The van der Waals surface area contributed by atoms with E-state index in [1.807, 2.05) is 0 Å². The Balaban J connectivity index is 2.05. The van der Waals surface area contributed by atoms with Gasteiger partial charge in [-0.2, -0.15) is 3.85 Å². The van der Waals surface area contributed by atoms with Crippen LogP contribution in [0.25, 0.3) is 0 Å². The number of ether oxygens (including phenoxy) is 1. The molecular weight excluding hydrogens is 352 g/mol. The molecule has 0 radical (unpaired) electrons. The summed E-state index contributed by atoms with van der Waals surface area (Å²) in [4.78, 5) is 11.4. The predicted molar refractivity (Wildman–Crippen MR) is 97.9 cm³/mol. The lowest BCUT2D eigenvalue weighted by atomic mass is 10.1. The summed E-state index contributed by atoms with van der Waals surface area (Å²) in [5.41, 5.74) is 1.13. The van der Waals surface area contributed by atoms with Gasteiger partial charge in [0.15, 0.2) is 0 Å². The summed E-state index contributed by atoms with van der Waals surface area (Å²) in [6, 6.07) is 0. The van der Waals surface area contributed by atoms with Crippen LogP contribution in [-0.4, -0.2) is 41.9 Å². The van der Waals surface area contributed by atoms with E-state index in [9.17, 15) is 13.2 Å². The van der Waals surface area contributed by atoms with Crippen LogP contribution in [0.15, 0.2) is 12.7 Å². The maximum absolute atomic E-state index is 13.1. The molecule has 0 heterocycles. The van der Waals surface area contributed by atoms with Crippen LogP contribution in [0.3, 0.4) is 0 Å². The van der Waals surface area contributed by atoms with Crippen LogP contribution in [-0.2, 0) is 19.6 Å². The highest BCUT2D eigenvalue weighted by atomic mass is 32.2. The number of sulfonamides is 1. The molecule has 0 bridgehead atoms. The van der Waals surface area contributed by atoms with Gasteiger partial charge < -0.3 is 4.74 Å². The van der Waals surface area contributed by atoms with E-state index in [1.165, 1.54) is 7.11 Å². The summed E-state index contributed by atoms with van der Waals surface area (Å²) in [5.74, 6) is -0.343. The molecule has 0 aromatic heterocycles. The Hall–Kier alpha value is -0.0200. The van der Waals surface area contributed by atoms with Crippen LogP contribution in [0, 0.1) is 0 Å². The van der Waals surface area contributed by atoms with Gasteiger partial charge in [-0.25, -0.2) is 8.42 Å². The SMILES string of the molecule is C=CCC[C@@H](CCC(=O)OC)S(=O)(=O)N(PC1CC1)PC1CC1. The van der Waals surface area contributed by atoms with Crippen molar-refractivity contribution in [3.05, 3.63) is 12.7 Å². The molecule has 3 atom stereocenters. The molecule has 0 aromatic rings. The first-order chi connectivity index (χ1) is 11.0. The fourth-order valence-electron chi connectivity index (χ4n) is 2.22. The maximum atomic E-state index is 13.1. The average molecular weight is 379 g/mol. The van der Waals surface area contributed by atoms with Crippen molar-refractivity contribution in [2.24, 2.45) is 0 Å². The monoisotopic (exact) mass is 379 g/mol. The Labute approximate surface area is 143 Å². The second kappa shape index (κ2) is 8.89. The first-order valence-corrected chi connectivity index (χ1v) is 11.8. The maximum Gasteiger partial charge on any atom is 0.305 e. The molecule has 0 aromatic carbocycles. The van der Waals surface area contributed by atoms with Crippen molar-refractivity contribution >= 4 is 33.5 Å². The number of nitrogens with zero attached hydrogens (tertiary/aromatic N) is 1. The Kier molecular flexibility index (Phi) is 7.47. The summed E-state index contributed by atoms with van der Waals surface area (Å²) in [6.45, 7) is 3.69. The van der Waals surface area contributed by atoms with Gasteiger partial charge in [0.2, 0.25) is 10.0 Å². The van der Waals surface area contributed by atoms with Crippen molar-refractivity contribution in [3.63, 3.8) is 0 Å². The van der Waals surface area contributed by atoms with E-state index in [2.05, 4.69) is 11.3 Å². The third-order valence-corrected chi connectivity index (χ3v) is 11.1. The number of esters is 1. The summed E-state index contributed by atoms with van der Waals surface area (Å²) >= 11 is 0. The number of rotatable bonds is 12. The minimum Gasteiger partial charge on any atom is -0.469 e. The first kappa shape index (κ1) is 19.3. The molecule has 0 aliphatic heterocycles. The molecule has 0 N–H and O–H groups in total. The third kappa shape index (κ3) is 6.42. The first-order valence-electron chi connectivity index (χ1n) is 8.21. The standard InChI is InChI=1S/C15H27NO4P2S/c1-3-4-5-14(10-11-15(17)20-2)23(18,19)16(21-12-6-7-12)22-13-8-9-13/h3,12-14,21-22H,1,4-11H2,2H3/t14-/m0/s1. The van der Waals surface area contributed by atoms with E-state index in [0.717, 1.165) is 25.7 Å². The Morgan fingerprint density at radius 1 is 1.26 bits per heavy atom. The molecule has 23 heavy (non-hydrogen) atoms. The summed E-state index contributed by atoms with van der Waals surface area (Å²) in [7, 11) is -1.23. The number of hydrogen-bond acceptors (Lipinski definition) is 4. The number of carbonyl (C=O) groups excluding carboxylic acids is 1.